The first-order valence-electron chi connectivity index (χ1n) is 7.86. The van der Waals surface area contributed by atoms with Crippen molar-refractivity contribution >= 4 is 30.0 Å². The van der Waals surface area contributed by atoms with E-state index in [9.17, 15) is 14.7 Å². The van der Waals surface area contributed by atoms with Gasteiger partial charge in [0.05, 0.1) is 23.4 Å². The smallest absolute Gasteiger partial charge is 0.308 e. The molecule has 1 saturated heterocycles. The Kier molecular flexibility index (Phi) is 5.68. The van der Waals surface area contributed by atoms with E-state index in [1.807, 2.05) is 19.9 Å². The van der Waals surface area contributed by atoms with Crippen LogP contribution in [0.5, 0.6) is 0 Å². The minimum atomic E-state index is -0.863. The van der Waals surface area contributed by atoms with E-state index in [0.29, 0.717) is 24.1 Å². The Balaban J connectivity index is 2.29. The first-order chi connectivity index (χ1) is 11.4. The van der Waals surface area contributed by atoms with Gasteiger partial charge in [0.25, 0.3) is 5.91 Å². The molecule has 1 aromatic rings. The zero-order chi connectivity index (χ0) is 17.7. The molecule has 1 fully saturated rings. The van der Waals surface area contributed by atoms with Crippen molar-refractivity contribution in [1.82, 2.24) is 4.90 Å². The van der Waals surface area contributed by atoms with Crippen LogP contribution in [0.1, 0.15) is 35.7 Å². The largest absolute Gasteiger partial charge is 0.481 e. The van der Waals surface area contributed by atoms with Crippen molar-refractivity contribution in [2.24, 2.45) is 11.0 Å². The predicted molar refractivity (Wildman–Crippen MR) is 92.9 cm³/mol. The third-order valence-corrected chi connectivity index (χ3v) is 4.23. The van der Waals surface area contributed by atoms with Gasteiger partial charge in [-0.05, 0) is 38.8 Å². The van der Waals surface area contributed by atoms with E-state index in [2.05, 4.69) is 10.5 Å². The first-order valence-corrected chi connectivity index (χ1v) is 7.86. The van der Waals surface area contributed by atoms with Crippen LogP contribution >= 0.6 is 0 Å². The van der Waals surface area contributed by atoms with Crippen LogP contribution in [0.15, 0.2) is 23.3 Å². The fraction of sp³-hybridized carbons (Fsp3) is 0.412. The average molecular weight is 330 g/mol. The van der Waals surface area contributed by atoms with Gasteiger partial charge in [-0.2, -0.15) is 5.10 Å². The van der Waals surface area contributed by atoms with E-state index in [1.165, 1.54) is 6.21 Å². The third kappa shape index (κ3) is 3.98. The average Bonchev–Trinajstić information content (AvgIpc) is 2.56. The van der Waals surface area contributed by atoms with Gasteiger partial charge in [-0.15, -0.1) is 0 Å². The first kappa shape index (κ1) is 17.7. The number of anilines is 1. The van der Waals surface area contributed by atoms with Crippen molar-refractivity contribution in [3.8, 4) is 0 Å². The van der Waals surface area contributed by atoms with Crippen molar-refractivity contribution in [3.05, 3.63) is 29.3 Å². The van der Waals surface area contributed by atoms with Crippen LogP contribution in [0.4, 0.5) is 5.69 Å². The number of hydrazone groups is 1. The second-order valence-corrected chi connectivity index (χ2v) is 6.02. The predicted octanol–water partition coefficient (Wildman–Crippen LogP) is 2.37. The van der Waals surface area contributed by atoms with E-state index >= 15 is 0 Å². The van der Waals surface area contributed by atoms with Gasteiger partial charge in [0.1, 0.15) is 0 Å². The SMILES string of the molecule is Cc1ccc(N/N=C\C=N)c(C(=O)N2CC(C(=O)O)CC[C@H]2C)c1. The summed E-state index contributed by atoms with van der Waals surface area (Å²) in [4.78, 5) is 25.9. The number of carbonyl (C=O) groups is 2. The number of aliphatic carboxylic acids is 1. The molecule has 0 aliphatic carbocycles. The molecule has 1 unspecified atom stereocenters. The molecule has 0 saturated carbocycles. The van der Waals surface area contributed by atoms with E-state index < -0.39 is 11.9 Å². The molecule has 24 heavy (non-hydrogen) atoms. The highest BCUT2D eigenvalue weighted by molar-refractivity contribution is 6.14. The standard InChI is InChI=1S/C17H22N4O3/c1-11-3-6-15(20-19-8-7-18)14(9-11)16(22)21-10-13(17(23)24)5-4-12(21)2/h3,6-9,12-13,18,20H,4-5,10H2,1-2H3,(H,23,24)/b18-7?,19-8-/t12-,13?/m1/s1. The topological polar surface area (TPSA) is 106 Å². The molecule has 0 radical (unpaired) electrons. The monoisotopic (exact) mass is 330 g/mol. The van der Waals surface area contributed by atoms with Gasteiger partial charge in [0.2, 0.25) is 0 Å². The lowest BCUT2D eigenvalue weighted by Gasteiger charge is -2.36. The van der Waals surface area contributed by atoms with Gasteiger partial charge in [-0.25, -0.2) is 0 Å². The molecular weight excluding hydrogens is 308 g/mol. The highest BCUT2D eigenvalue weighted by Gasteiger charge is 2.33. The maximum absolute atomic E-state index is 13.0. The second-order valence-electron chi connectivity index (χ2n) is 6.02. The summed E-state index contributed by atoms with van der Waals surface area (Å²) < 4.78 is 0. The molecule has 0 bridgehead atoms. The second kappa shape index (κ2) is 7.72. The summed E-state index contributed by atoms with van der Waals surface area (Å²) in [6.45, 7) is 4.04. The van der Waals surface area contributed by atoms with Crippen LogP contribution < -0.4 is 5.43 Å². The molecular formula is C17H22N4O3. The number of nitrogens with zero attached hydrogens (tertiary/aromatic N) is 2. The summed E-state index contributed by atoms with van der Waals surface area (Å²) in [6, 6.07) is 5.37. The van der Waals surface area contributed by atoms with Crippen molar-refractivity contribution in [2.75, 3.05) is 12.0 Å². The van der Waals surface area contributed by atoms with E-state index in [0.717, 1.165) is 11.8 Å². The van der Waals surface area contributed by atoms with Gasteiger partial charge in [0, 0.05) is 18.8 Å². The highest BCUT2D eigenvalue weighted by atomic mass is 16.4. The van der Waals surface area contributed by atoms with Crippen molar-refractivity contribution < 1.29 is 14.7 Å². The Labute approximate surface area is 140 Å². The number of nitrogens with one attached hydrogen (secondary N) is 2. The molecule has 1 aromatic carbocycles. The van der Waals surface area contributed by atoms with Gasteiger partial charge >= 0.3 is 5.97 Å². The molecule has 1 amide bonds. The number of rotatable bonds is 5. The summed E-state index contributed by atoms with van der Waals surface area (Å²) in [7, 11) is 0. The van der Waals surface area contributed by atoms with E-state index in [1.54, 1.807) is 17.0 Å². The van der Waals surface area contributed by atoms with Gasteiger partial charge in [-0.1, -0.05) is 11.6 Å². The lowest BCUT2D eigenvalue weighted by molar-refractivity contribution is -0.143. The number of benzene rings is 1. The van der Waals surface area contributed by atoms with Gasteiger partial charge in [0.15, 0.2) is 0 Å². The summed E-state index contributed by atoms with van der Waals surface area (Å²) in [5.74, 6) is -1.59. The number of carbonyl (C=O) groups excluding carboxylic acids is 1. The fourth-order valence-corrected chi connectivity index (χ4v) is 2.82. The number of amides is 1. The zero-order valence-electron chi connectivity index (χ0n) is 13.8. The number of carboxylic acid groups (broad SMARTS) is 1. The molecule has 1 aliphatic rings. The van der Waals surface area contributed by atoms with E-state index in [4.69, 9.17) is 5.41 Å². The van der Waals surface area contributed by atoms with Crippen molar-refractivity contribution in [2.45, 2.75) is 32.7 Å². The minimum Gasteiger partial charge on any atom is -0.481 e. The van der Waals surface area contributed by atoms with Crippen LogP contribution in [0.25, 0.3) is 0 Å². The molecule has 1 heterocycles. The molecule has 3 N–H and O–H groups in total. The number of piperidine rings is 1. The Morgan fingerprint density at radius 2 is 2.17 bits per heavy atom. The maximum Gasteiger partial charge on any atom is 0.308 e. The van der Waals surface area contributed by atoms with Crippen molar-refractivity contribution in [3.63, 3.8) is 0 Å². The summed E-state index contributed by atoms with van der Waals surface area (Å²) in [5, 5.41) is 20.0. The zero-order valence-corrected chi connectivity index (χ0v) is 13.8. The Bertz CT molecular complexity index is 672. The van der Waals surface area contributed by atoms with Crippen molar-refractivity contribution in [1.29, 1.82) is 5.41 Å². The van der Waals surface area contributed by atoms with Crippen LogP contribution in [-0.2, 0) is 4.79 Å². The van der Waals surface area contributed by atoms with Crippen LogP contribution in [-0.4, -0.2) is 46.9 Å². The van der Waals surface area contributed by atoms with Crippen LogP contribution in [0, 0.1) is 18.3 Å². The lowest BCUT2D eigenvalue weighted by Crippen LogP contribution is -2.47. The fourth-order valence-electron chi connectivity index (χ4n) is 2.82. The van der Waals surface area contributed by atoms with E-state index in [-0.39, 0.29) is 18.5 Å². The Hall–Kier alpha value is -2.70. The van der Waals surface area contributed by atoms with Gasteiger partial charge < -0.3 is 15.4 Å². The number of likely N-dealkylation sites (tertiary alicyclic amines) is 1. The summed E-state index contributed by atoms with van der Waals surface area (Å²) >= 11 is 0. The molecule has 7 heteroatoms. The Morgan fingerprint density at radius 1 is 1.42 bits per heavy atom. The Morgan fingerprint density at radius 3 is 2.83 bits per heavy atom. The van der Waals surface area contributed by atoms with Crippen LogP contribution in [0.3, 0.4) is 0 Å². The summed E-state index contributed by atoms with van der Waals surface area (Å²) in [5.41, 5.74) is 4.68. The quantitative estimate of drug-likeness (QED) is 0.569. The molecule has 128 valence electrons. The number of carboxylic acids is 1. The summed E-state index contributed by atoms with van der Waals surface area (Å²) in [6.07, 6.45) is 3.57. The number of hydrogen-bond acceptors (Lipinski definition) is 5. The number of aryl methyl sites for hydroxylation is 1. The molecule has 0 spiro atoms. The van der Waals surface area contributed by atoms with Gasteiger partial charge in [-0.3, -0.25) is 15.0 Å². The molecule has 1 aliphatic heterocycles. The molecule has 2 atom stereocenters. The van der Waals surface area contributed by atoms with Crippen LogP contribution in [0.2, 0.25) is 0 Å². The lowest BCUT2D eigenvalue weighted by atomic mass is 9.92. The normalized spacial score (nSPS) is 20.8. The molecule has 0 aromatic heterocycles. The number of hydrogen-bond donors (Lipinski definition) is 3. The third-order valence-electron chi connectivity index (χ3n) is 4.23. The maximum atomic E-state index is 13.0. The molecule has 2 rings (SSSR count). The molecule has 7 nitrogen and oxygen atoms in total. The highest BCUT2D eigenvalue weighted by Crippen LogP contribution is 2.27. The minimum absolute atomic E-state index is 0.00783.